The monoisotopic (exact) mass is 484 g/mol. The van der Waals surface area contributed by atoms with Crippen LogP contribution in [0.15, 0.2) is 12.1 Å². The second-order valence-electron chi connectivity index (χ2n) is 7.10. The molecule has 0 amide bonds. The minimum Gasteiger partial charge on any atom is -0.545 e. The number of aromatic carboxylic acids is 2. The van der Waals surface area contributed by atoms with Gasteiger partial charge >= 0.3 is 11.9 Å². The number of carboxylic acid groups (broad SMARTS) is 4. The van der Waals surface area contributed by atoms with Crippen molar-refractivity contribution >= 4 is 47.4 Å². The van der Waals surface area contributed by atoms with Crippen molar-refractivity contribution < 1.29 is 39.6 Å². The molecule has 0 spiro atoms. The highest BCUT2D eigenvalue weighted by Crippen LogP contribution is 2.44. The summed E-state index contributed by atoms with van der Waals surface area (Å²) in [6.07, 6.45) is 2.00. The molecule has 0 saturated heterocycles. The van der Waals surface area contributed by atoms with Crippen molar-refractivity contribution in [2.45, 2.75) is 62.9 Å². The fourth-order valence-corrected chi connectivity index (χ4v) is 5.85. The Labute approximate surface area is 195 Å². The highest BCUT2D eigenvalue weighted by Gasteiger charge is 2.26. The SMILES string of the molecule is CCC(SCCCC(=O)O)c1ccc(C(=O)[O-])c(C(=O)[O-])c1C(CC)SCCCC(=O)O. The van der Waals surface area contributed by atoms with Crippen LogP contribution in [0.25, 0.3) is 0 Å². The van der Waals surface area contributed by atoms with Crippen LogP contribution in [-0.2, 0) is 9.59 Å². The molecule has 2 atom stereocenters. The number of benzene rings is 1. The Balaban J connectivity index is 3.39. The maximum Gasteiger partial charge on any atom is 0.303 e. The van der Waals surface area contributed by atoms with E-state index < -0.39 is 35.0 Å². The summed E-state index contributed by atoms with van der Waals surface area (Å²) in [4.78, 5) is 45.2. The first-order valence-corrected chi connectivity index (χ1v) is 12.5. The topological polar surface area (TPSA) is 155 Å². The van der Waals surface area contributed by atoms with Crippen molar-refractivity contribution in [1.29, 1.82) is 0 Å². The molecule has 2 N–H and O–H groups in total. The van der Waals surface area contributed by atoms with Gasteiger partial charge < -0.3 is 30.0 Å². The maximum absolute atomic E-state index is 12.0. The third-order valence-corrected chi connectivity index (χ3v) is 7.83. The molecule has 0 bridgehead atoms. The van der Waals surface area contributed by atoms with Gasteiger partial charge in [-0.05, 0) is 48.3 Å². The van der Waals surface area contributed by atoms with Crippen LogP contribution in [-0.4, -0.2) is 45.6 Å². The Kier molecular flexibility index (Phi) is 12.2. The number of hydrogen-bond donors (Lipinski definition) is 2. The van der Waals surface area contributed by atoms with Crippen LogP contribution in [0.3, 0.4) is 0 Å². The fraction of sp³-hybridized carbons (Fsp3) is 0.545. The lowest BCUT2D eigenvalue weighted by atomic mass is 9.90. The van der Waals surface area contributed by atoms with Crippen molar-refractivity contribution in [1.82, 2.24) is 0 Å². The van der Waals surface area contributed by atoms with E-state index in [0.29, 0.717) is 48.3 Å². The van der Waals surface area contributed by atoms with Gasteiger partial charge in [0.05, 0.1) is 11.9 Å². The predicted octanol–water partition coefficient (Wildman–Crippen LogP) is 2.51. The molecule has 10 heteroatoms. The Morgan fingerprint density at radius 2 is 1.34 bits per heavy atom. The summed E-state index contributed by atoms with van der Waals surface area (Å²) in [5, 5.41) is 40.8. The fourth-order valence-electron chi connectivity index (χ4n) is 3.38. The molecule has 1 aromatic rings. The van der Waals surface area contributed by atoms with Crippen molar-refractivity contribution in [3.63, 3.8) is 0 Å². The number of rotatable bonds is 16. The van der Waals surface area contributed by atoms with Gasteiger partial charge in [-0.2, -0.15) is 23.5 Å². The number of thioether (sulfide) groups is 2. The van der Waals surface area contributed by atoms with Gasteiger partial charge in [0.1, 0.15) is 0 Å². The largest absolute Gasteiger partial charge is 0.545 e. The molecule has 1 rings (SSSR count). The Morgan fingerprint density at radius 3 is 1.75 bits per heavy atom. The lowest BCUT2D eigenvalue weighted by molar-refractivity contribution is -0.259. The average Bonchev–Trinajstić information content (AvgIpc) is 2.72. The van der Waals surface area contributed by atoms with Gasteiger partial charge in [-0.15, -0.1) is 0 Å². The average molecular weight is 485 g/mol. The molecule has 2 unspecified atom stereocenters. The molecule has 0 fully saturated rings. The predicted molar refractivity (Wildman–Crippen MR) is 120 cm³/mol. The number of carboxylic acids is 4. The van der Waals surface area contributed by atoms with E-state index >= 15 is 0 Å². The molecular weight excluding hydrogens is 456 g/mol. The van der Waals surface area contributed by atoms with Gasteiger partial charge in [-0.1, -0.05) is 26.0 Å². The molecule has 0 saturated carbocycles. The molecule has 8 nitrogen and oxygen atoms in total. The molecule has 0 heterocycles. The van der Waals surface area contributed by atoms with E-state index in [1.165, 1.54) is 29.6 Å². The summed E-state index contributed by atoms with van der Waals surface area (Å²) in [6.45, 7) is 3.77. The van der Waals surface area contributed by atoms with E-state index in [-0.39, 0.29) is 23.3 Å². The standard InChI is InChI=1S/C22H30O8S2/c1-3-15(31-11-5-7-17(23)24)13-9-10-14(21(27)28)20(22(29)30)19(13)16(4-2)32-12-6-8-18(25)26/h9-10,15-16H,3-8,11-12H2,1-2H3,(H,23,24)(H,25,26)(H,27,28)(H,29,30)/p-2. The normalized spacial score (nSPS) is 12.8. The summed E-state index contributed by atoms with van der Waals surface area (Å²) in [6, 6.07) is 2.83. The molecular formula is C22H28O8S2-2. The van der Waals surface area contributed by atoms with Gasteiger partial charge in [-0.3, -0.25) is 9.59 Å². The van der Waals surface area contributed by atoms with E-state index in [9.17, 15) is 29.4 Å². The summed E-state index contributed by atoms with van der Waals surface area (Å²) in [5.41, 5.74) is 0.199. The van der Waals surface area contributed by atoms with Crippen molar-refractivity contribution in [2.24, 2.45) is 0 Å². The molecule has 0 aliphatic heterocycles. The number of hydrogen-bond acceptors (Lipinski definition) is 8. The van der Waals surface area contributed by atoms with Crippen LogP contribution in [0.2, 0.25) is 0 Å². The van der Waals surface area contributed by atoms with Gasteiger partial charge in [0.2, 0.25) is 0 Å². The van der Waals surface area contributed by atoms with Gasteiger partial charge in [-0.25, -0.2) is 0 Å². The third kappa shape index (κ3) is 8.38. The van der Waals surface area contributed by atoms with Gasteiger partial charge in [0.15, 0.2) is 0 Å². The zero-order chi connectivity index (χ0) is 24.3. The van der Waals surface area contributed by atoms with Crippen LogP contribution in [0.5, 0.6) is 0 Å². The van der Waals surface area contributed by atoms with E-state index in [4.69, 9.17) is 10.2 Å². The van der Waals surface area contributed by atoms with E-state index in [1.807, 2.05) is 13.8 Å². The zero-order valence-corrected chi connectivity index (χ0v) is 19.8. The second-order valence-corrected chi connectivity index (χ2v) is 9.72. The van der Waals surface area contributed by atoms with Crippen LogP contribution >= 0.6 is 23.5 Å². The van der Waals surface area contributed by atoms with Crippen molar-refractivity contribution in [2.75, 3.05) is 11.5 Å². The van der Waals surface area contributed by atoms with Crippen LogP contribution in [0.1, 0.15) is 94.7 Å². The lowest BCUT2D eigenvalue weighted by Gasteiger charge is -2.29. The quantitative estimate of drug-likeness (QED) is 0.334. The number of carbonyl (C=O) groups is 4. The van der Waals surface area contributed by atoms with Gasteiger partial charge in [0, 0.05) is 34.5 Å². The summed E-state index contributed by atoms with van der Waals surface area (Å²) < 4.78 is 0. The zero-order valence-electron chi connectivity index (χ0n) is 18.1. The highest BCUT2D eigenvalue weighted by atomic mass is 32.2. The van der Waals surface area contributed by atoms with Crippen LogP contribution in [0.4, 0.5) is 0 Å². The van der Waals surface area contributed by atoms with E-state index in [2.05, 4.69) is 0 Å². The molecule has 0 aromatic heterocycles. The molecule has 0 radical (unpaired) electrons. The van der Waals surface area contributed by atoms with E-state index in [1.54, 1.807) is 6.07 Å². The van der Waals surface area contributed by atoms with Crippen LogP contribution in [0, 0.1) is 0 Å². The van der Waals surface area contributed by atoms with E-state index in [0.717, 1.165) is 0 Å². The Hall–Kier alpha value is -2.20. The number of aliphatic carboxylic acids is 2. The second kappa shape index (κ2) is 14.1. The smallest absolute Gasteiger partial charge is 0.303 e. The first-order chi connectivity index (χ1) is 15.1. The maximum atomic E-state index is 12.0. The Bertz CT molecular complexity index is 824. The van der Waals surface area contributed by atoms with Gasteiger partial charge in [0.25, 0.3) is 0 Å². The molecule has 178 valence electrons. The summed E-state index contributed by atoms with van der Waals surface area (Å²) in [5.74, 6) is -4.00. The summed E-state index contributed by atoms with van der Waals surface area (Å²) >= 11 is 2.89. The highest BCUT2D eigenvalue weighted by molar-refractivity contribution is 7.99. The molecule has 0 aliphatic rings. The van der Waals surface area contributed by atoms with Crippen molar-refractivity contribution in [3.05, 3.63) is 34.4 Å². The number of carbonyl (C=O) groups excluding carboxylic acids is 2. The lowest BCUT2D eigenvalue weighted by Crippen LogP contribution is -2.32. The third-order valence-electron chi connectivity index (χ3n) is 4.82. The first-order valence-electron chi connectivity index (χ1n) is 10.4. The minimum atomic E-state index is -1.61. The van der Waals surface area contributed by atoms with Crippen LogP contribution < -0.4 is 10.2 Å². The molecule has 0 aliphatic carbocycles. The minimum absolute atomic E-state index is 0.0142. The molecule has 32 heavy (non-hydrogen) atoms. The molecule has 1 aromatic carbocycles. The van der Waals surface area contributed by atoms with Crippen molar-refractivity contribution in [3.8, 4) is 0 Å². The Morgan fingerprint density at radius 1 is 0.844 bits per heavy atom. The summed E-state index contributed by atoms with van der Waals surface area (Å²) in [7, 11) is 0. The first kappa shape index (κ1) is 27.8.